The van der Waals surface area contributed by atoms with Gasteiger partial charge >= 0.3 is 0 Å². The quantitative estimate of drug-likeness (QED) is 0.858. The van der Waals surface area contributed by atoms with Crippen molar-refractivity contribution in [2.24, 2.45) is 5.73 Å². The molecule has 1 amide bonds. The maximum Gasteiger partial charge on any atom is 0.241 e. The van der Waals surface area contributed by atoms with Crippen molar-refractivity contribution in [1.82, 2.24) is 0 Å². The van der Waals surface area contributed by atoms with Crippen LogP contribution in [0.4, 0.5) is 10.1 Å². The van der Waals surface area contributed by atoms with Gasteiger partial charge in [-0.3, -0.25) is 4.79 Å². The van der Waals surface area contributed by atoms with Crippen LogP contribution in [-0.4, -0.2) is 11.9 Å². The predicted molar refractivity (Wildman–Crippen MR) is 65.3 cm³/mol. The summed E-state index contributed by atoms with van der Waals surface area (Å²) in [6.45, 7) is 3.45. The number of halogens is 2. The Kier molecular flexibility index (Phi) is 6.00. The van der Waals surface area contributed by atoms with Crippen molar-refractivity contribution in [2.45, 2.75) is 26.3 Å². The molecule has 1 rings (SSSR count). The van der Waals surface area contributed by atoms with Gasteiger partial charge in [0.05, 0.1) is 6.04 Å². The summed E-state index contributed by atoms with van der Waals surface area (Å²) in [5.41, 5.74) is 6.44. The molecule has 0 aliphatic heterocycles. The van der Waals surface area contributed by atoms with E-state index in [9.17, 15) is 9.18 Å². The zero-order valence-electron chi connectivity index (χ0n) is 9.29. The molecule has 16 heavy (non-hydrogen) atoms. The van der Waals surface area contributed by atoms with Crippen LogP contribution in [-0.2, 0) is 11.2 Å². The normalized spacial score (nSPS) is 11.5. The number of nitrogens with two attached hydrogens (primary N) is 1. The molecule has 0 saturated heterocycles. The minimum Gasteiger partial charge on any atom is -0.325 e. The molecule has 1 aromatic rings. The third kappa shape index (κ3) is 3.79. The van der Waals surface area contributed by atoms with E-state index in [4.69, 9.17) is 5.73 Å². The maximum atomic E-state index is 13.3. The number of anilines is 1. The van der Waals surface area contributed by atoms with Crippen molar-refractivity contribution < 1.29 is 9.18 Å². The molecule has 0 bridgehead atoms. The first-order valence-corrected chi connectivity index (χ1v) is 4.89. The van der Waals surface area contributed by atoms with E-state index in [0.717, 1.165) is 0 Å². The molecule has 0 aliphatic rings. The van der Waals surface area contributed by atoms with Gasteiger partial charge in [0, 0.05) is 5.69 Å². The van der Waals surface area contributed by atoms with Crippen LogP contribution < -0.4 is 11.1 Å². The zero-order valence-corrected chi connectivity index (χ0v) is 10.1. The first-order valence-electron chi connectivity index (χ1n) is 4.89. The number of hydrogen-bond acceptors (Lipinski definition) is 2. The highest BCUT2D eigenvalue weighted by molar-refractivity contribution is 5.94. The van der Waals surface area contributed by atoms with Crippen LogP contribution in [0.1, 0.15) is 19.4 Å². The lowest BCUT2D eigenvalue weighted by Gasteiger charge is -2.08. The molecule has 0 fully saturated rings. The Hall–Kier alpha value is -1.13. The van der Waals surface area contributed by atoms with Gasteiger partial charge in [0.15, 0.2) is 0 Å². The van der Waals surface area contributed by atoms with Gasteiger partial charge in [0.2, 0.25) is 5.91 Å². The summed E-state index contributed by atoms with van der Waals surface area (Å²) in [5.74, 6) is -0.626. The van der Waals surface area contributed by atoms with E-state index in [2.05, 4.69) is 5.32 Å². The van der Waals surface area contributed by atoms with Crippen molar-refractivity contribution in [1.29, 1.82) is 0 Å². The van der Waals surface area contributed by atoms with Crippen molar-refractivity contribution in [3.8, 4) is 0 Å². The Morgan fingerprint density at radius 3 is 2.62 bits per heavy atom. The van der Waals surface area contributed by atoms with Gasteiger partial charge in [0.25, 0.3) is 0 Å². The molecule has 3 N–H and O–H groups in total. The van der Waals surface area contributed by atoms with Crippen molar-refractivity contribution >= 4 is 24.0 Å². The van der Waals surface area contributed by atoms with Crippen LogP contribution in [0.5, 0.6) is 0 Å². The van der Waals surface area contributed by atoms with Crippen LogP contribution in [0, 0.1) is 5.82 Å². The van der Waals surface area contributed by atoms with Crippen molar-refractivity contribution in [3.63, 3.8) is 0 Å². The fourth-order valence-electron chi connectivity index (χ4n) is 1.17. The number of nitrogens with one attached hydrogen (secondary N) is 1. The fraction of sp³-hybridized carbons (Fsp3) is 0.364. The highest BCUT2D eigenvalue weighted by Gasteiger charge is 2.08. The monoisotopic (exact) mass is 246 g/mol. The lowest BCUT2D eigenvalue weighted by Crippen LogP contribution is -2.32. The fourth-order valence-corrected chi connectivity index (χ4v) is 1.17. The number of aryl methyl sites for hydroxylation is 1. The molecule has 0 radical (unpaired) electrons. The van der Waals surface area contributed by atoms with E-state index in [1.165, 1.54) is 6.07 Å². The van der Waals surface area contributed by atoms with E-state index in [-0.39, 0.29) is 24.1 Å². The Labute approximate surface area is 101 Å². The van der Waals surface area contributed by atoms with Crippen molar-refractivity contribution in [3.05, 3.63) is 29.6 Å². The van der Waals surface area contributed by atoms with Gasteiger partial charge in [-0.2, -0.15) is 0 Å². The lowest BCUT2D eigenvalue weighted by atomic mass is 10.1. The lowest BCUT2D eigenvalue weighted by molar-refractivity contribution is -0.117. The van der Waals surface area contributed by atoms with E-state index in [1.54, 1.807) is 19.1 Å². The molecule has 3 nitrogen and oxygen atoms in total. The zero-order chi connectivity index (χ0) is 11.4. The molecular weight excluding hydrogens is 231 g/mol. The molecule has 1 aromatic carbocycles. The van der Waals surface area contributed by atoms with Gasteiger partial charge in [-0.15, -0.1) is 12.4 Å². The number of carbonyl (C=O) groups is 1. The Balaban J connectivity index is 0.00000225. The third-order valence-corrected chi connectivity index (χ3v) is 2.12. The standard InChI is InChI=1S/C11H15FN2O.ClH/c1-3-8-4-5-9(6-10(8)12)14-11(15)7(2)13;/h4-7H,3,13H2,1-2H3,(H,14,15);1H. The molecule has 0 heterocycles. The molecule has 1 unspecified atom stereocenters. The number of rotatable bonds is 3. The number of benzene rings is 1. The van der Waals surface area contributed by atoms with E-state index < -0.39 is 6.04 Å². The minimum atomic E-state index is -0.598. The Bertz CT molecular complexity index is 369. The molecular formula is C11H16ClFN2O. The summed E-state index contributed by atoms with van der Waals surface area (Å²) in [5, 5.41) is 2.53. The molecule has 0 spiro atoms. The van der Waals surface area contributed by atoms with E-state index >= 15 is 0 Å². The van der Waals surface area contributed by atoms with Crippen LogP contribution in [0.3, 0.4) is 0 Å². The summed E-state index contributed by atoms with van der Waals surface area (Å²) in [6.07, 6.45) is 0.632. The summed E-state index contributed by atoms with van der Waals surface area (Å²) >= 11 is 0. The predicted octanol–water partition coefficient (Wildman–Crippen LogP) is 2.10. The van der Waals surface area contributed by atoms with Gasteiger partial charge in [-0.1, -0.05) is 13.0 Å². The third-order valence-electron chi connectivity index (χ3n) is 2.12. The average molecular weight is 247 g/mol. The largest absolute Gasteiger partial charge is 0.325 e. The second-order valence-corrected chi connectivity index (χ2v) is 3.44. The molecule has 1 atom stereocenters. The van der Waals surface area contributed by atoms with Gasteiger partial charge in [0.1, 0.15) is 5.82 Å². The van der Waals surface area contributed by atoms with Crippen LogP contribution in [0.2, 0.25) is 0 Å². The summed E-state index contributed by atoms with van der Waals surface area (Å²) in [7, 11) is 0. The highest BCUT2D eigenvalue weighted by atomic mass is 35.5. The molecule has 0 aromatic heterocycles. The number of amides is 1. The second-order valence-electron chi connectivity index (χ2n) is 3.44. The molecule has 0 saturated carbocycles. The van der Waals surface area contributed by atoms with E-state index in [1.807, 2.05) is 6.92 Å². The van der Waals surface area contributed by atoms with Crippen LogP contribution in [0.15, 0.2) is 18.2 Å². The number of carbonyl (C=O) groups excluding carboxylic acids is 1. The topological polar surface area (TPSA) is 55.1 Å². The van der Waals surface area contributed by atoms with Gasteiger partial charge < -0.3 is 11.1 Å². The average Bonchev–Trinajstić information content (AvgIpc) is 2.18. The molecule has 0 aliphatic carbocycles. The molecule has 5 heteroatoms. The highest BCUT2D eigenvalue weighted by Crippen LogP contribution is 2.14. The van der Waals surface area contributed by atoms with E-state index in [0.29, 0.717) is 17.7 Å². The Morgan fingerprint density at radius 2 is 2.19 bits per heavy atom. The first kappa shape index (κ1) is 14.9. The Morgan fingerprint density at radius 1 is 1.56 bits per heavy atom. The molecule has 90 valence electrons. The van der Waals surface area contributed by atoms with Crippen LogP contribution in [0.25, 0.3) is 0 Å². The van der Waals surface area contributed by atoms with Crippen molar-refractivity contribution in [2.75, 3.05) is 5.32 Å². The first-order chi connectivity index (χ1) is 7.04. The second kappa shape index (κ2) is 6.45. The van der Waals surface area contributed by atoms with Crippen LogP contribution >= 0.6 is 12.4 Å². The summed E-state index contributed by atoms with van der Waals surface area (Å²) in [4.78, 5) is 11.2. The van der Waals surface area contributed by atoms with Gasteiger partial charge in [-0.25, -0.2) is 4.39 Å². The maximum absolute atomic E-state index is 13.3. The summed E-state index contributed by atoms with van der Waals surface area (Å²) in [6, 6.07) is 4.03. The minimum absolute atomic E-state index is 0. The summed E-state index contributed by atoms with van der Waals surface area (Å²) < 4.78 is 13.3. The smallest absolute Gasteiger partial charge is 0.241 e. The van der Waals surface area contributed by atoms with Gasteiger partial charge in [-0.05, 0) is 31.0 Å². The number of hydrogen-bond donors (Lipinski definition) is 2. The SMILES string of the molecule is CCc1ccc(NC(=O)C(C)N)cc1F.Cl.